The number of rotatable bonds is 3. The second-order valence-electron chi connectivity index (χ2n) is 3.16. The largest absolute Gasteiger partial charge is 0.573 e. The standard InChI is InChI=1S/C10H11F3N2O2/c1-2-15-9(16)7-5-6(3-4-8(7)14)17-10(11,12)13/h3-5H,2,14H2,1H3,(H,15,16). The minimum Gasteiger partial charge on any atom is -0.406 e. The van der Waals surface area contributed by atoms with Crippen molar-refractivity contribution in [2.45, 2.75) is 13.3 Å². The summed E-state index contributed by atoms with van der Waals surface area (Å²) >= 11 is 0. The van der Waals surface area contributed by atoms with Crippen molar-refractivity contribution in [1.82, 2.24) is 5.32 Å². The van der Waals surface area contributed by atoms with E-state index in [9.17, 15) is 18.0 Å². The maximum Gasteiger partial charge on any atom is 0.573 e. The lowest BCUT2D eigenvalue weighted by Gasteiger charge is -2.11. The molecule has 0 aromatic heterocycles. The van der Waals surface area contributed by atoms with E-state index in [1.165, 1.54) is 6.07 Å². The summed E-state index contributed by atoms with van der Waals surface area (Å²) in [5.41, 5.74) is 5.53. The van der Waals surface area contributed by atoms with Gasteiger partial charge in [0.25, 0.3) is 5.91 Å². The molecule has 1 amide bonds. The van der Waals surface area contributed by atoms with Gasteiger partial charge in [0.15, 0.2) is 0 Å². The summed E-state index contributed by atoms with van der Waals surface area (Å²) in [7, 11) is 0. The number of halogens is 3. The minimum absolute atomic E-state index is 0.0476. The molecule has 0 atom stereocenters. The summed E-state index contributed by atoms with van der Waals surface area (Å²) in [6.07, 6.45) is -4.80. The van der Waals surface area contributed by atoms with E-state index in [0.717, 1.165) is 12.1 Å². The zero-order valence-corrected chi connectivity index (χ0v) is 8.97. The number of carbonyl (C=O) groups excluding carboxylic acids is 1. The van der Waals surface area contributed by atoms with Crippen LogP contribution in [0.4, 0.5) is 18.9 Å². The molecule has 94 valence electrons. The van der Waals surface area contributed by atoms with Gasteiger partial charge in [-0.1, -0.05) is 0 Å². The van der Waals surface area contributed by atoms with Gasteiger partial charge in [-0.3, -0.25) is 4.79 Å². The van der Waals surface area contributed by atoms with Crippen LogP contribution in [0.25, 0.3) is 0 Å². The van der Waals surface area contributed by atoms with Crippen molar-refractivity contribution in [2.24, 2.45) is 0 Å². The van der Waals surface area contributed by atoms with E-state index in [2.05, 4.69) is 10.1 Å². The average Bonchev–Trinajstić information content (AvgIpc) is 2.19. The lowest BCUT2D eigenvalue weighted by Crippen LogP contribution is -2.24. The lowest BCUT2D eigenvalue weighted by molar-refractivity contribution is -0.274. The molecule has 0 saturated heterocycles. The summed E-state index contributed by atoms with van der Waals surface area (Å²) in [6, 6.07) is 3.19. The quantitative estimate of drug-likeness (QED) is 0.803. The molecule has 0 saturated carbocycles. The normalized spacial score (nSPS) is 11.1. The minimum atomic E-state index is -4.80. The van der Waals surface area contributed by atoms with Gasteiger partial charge in [-0.05, 0) is 25.1 Å². The van der Waals surface area contributed by atoms with Crippen molar-refractivity contribution in [2.75, 3.05) is 12.3 Å². The number of carbonyl (C=O) groups is 1. The predicted octanol–water partition coefficient (Wildman–Crippen LogP) is 1.92. The van der Waals surface area contributed by atoms with Gasteiger partial charge in [0.05, 0.1) is 5.56 Å². The SMILES string of the molecule is CCNC(=O)c1cc(OC(F)(F)F)ccc1N. The van der Waals surface area contributed by atoms with Crippen LogP contribution in [-0.4, -0.2) is 18.8 Å². The summed E-state index contributed by atoms with van der Waals surface area (Å²) in [4.78, 5) is 11.5. The first kappa shape index (κ1) is 13.1. The number of alkyl halides is 3. The maximum absolute atomic E-state index is 12.0. The third-order valence-electron chi connectivity index (χ3n) is 1.84. The Bertz CT molecular complexity index is 419. The van der Waals surface area contributed by atoms with Crippen LogP contribution < -0.4 is 15.8 Å². The molecule has 0 aliphatic heterocycles. The summed E-state index contributed by atoms with van der Waals surface area (Å²) < 4.78 is 39.6. The monoisotopic (exact) mass is 248 g/mol. The molecule has 4 nitrogen and oxygen atoms in total. The van der Waals surface area contributed by atoms with Gasteiger partial charge in [-0.15, -0.1) is 13.2 Å². The Kier molecular flexibility index (Phi) is 3.82. The number of hydrogen-bond acceptors (Lipinski definition) is 3. The second kappa shape index (κ2) is 4.94. The molecule has 17 heavy (non-hydrogen) atoms. The van der Waals surface area contributed by atoms with Crippen LogP contribution in [0.15, 0.2) is 18.2 Å². The number of anilines is 1. The van der Waals surface area contributed by atoms with Crippen LogP contribution in [0.1, 0.15) is 17.3 Å². The Morgan fingerprint density at radius 2 is 2.12 bits per heavy atom. The van der Waals surface area contributed by atoms with Crippen molar-refractivity contribution in [3.05, 3.63) is 23.8 Å². The average molecular weight is 248 g/mol. The number of hydrogen-bond donors (Lipinski definition) is 2. The van der Waals surface area contributed by atoms with E-state index < -0.39 is 18.0 Å². The Balaban J connectivity index is 2.98. The highest BCUT2D eigenvalue weighted by Gasteiger charge is 2.31. The number of nitrogens with two attached hydrogens (primary N) is 1. The second-order valence-corrected chi connectivity index (χ2v) is 3.16. The smallest absolute Gasteiger partial charge is 0.406 e. The van der Waals surface area contributed by atoms with E-state index in [0.29, 0.717) is 6.54 Å². The van der Waals surface area contributed by atoms with Gasteiger partial charge < -0.3 is 15.8 Å². The van der Waals surface area contributed by atoms with Gasteiger partial charge >= 0.3 is 6.36 Å². The molecule has 0 heterocycles. The van der Waals surface area contributed by atoms with Gasteiger partial charge in [0.2, 0.25) is 0 Å². The highest BCUT2D eigenvalue weighted by atomic mass is 19.4. The zero-order valence-electron chi connectivity index (χ0n) is 8.97. The number of ether oxygens (including phenoxy) is 1. The fourth-order valence-electron chi connectivity index (χ4n) is 1.18. The number of amides is 1. The molecule has 7 heteroatoms. The molecule has 0 unspecified atom stereocenters. The molecule has 1 rings (SSSR count). The van der Waals surface area contributed by atoms with E-state index in [1.807, 2.05) is 0 Å². The Morgan fingerprint density at radius 1 is 1.47 bits per heavy atom. The fourth-order valence-corrected chi connectivity index (χ4v) is 1.18. The molecule has 1 aromatic rings. The summed E-state index contributed by atoms with van der Waals surface area (Å²) in [5.74, 6) is -1.02. The molecular formula is C10H11F3N2O2. The molecule has 1 aromatic carbocycles. The predicted molar refractivity (Wildman–Crippen MR) is 55.5 cm³/mol. The van der Waals surface area contributed by atoms with Gasteiger partial charge in [-0.25, -0.2) is 0 Å². The molecule has 0 aliphatic carbocycles. The van der Waals surface area contributed by atoms with Crippen LogP contribution in [0.2, 0.25) is 0 Å². The van der Waals surface area contributed by atoms with Crippen LogP contribution in [-0.2, 0) is 0 Å². The molecule has 0 radical (unpaired) electrons. The van der Waals surface area contributed by atoms with Crippen LogP contribution >= 0.6 is 0 Å². The number of nitrogen functional groups attached to an aromatic ring is 1. The number of benzene rings is 1. The van der Waals surface area contributed by atoms with E-state index >= 15 is 0 Å². The van der Waals surface area contributed by atoms with Gasteiger partial charge in [-0.2, -0.15) is 0 Å². The van der Waals surface area contributed by atoms with E-state index in [-0.39, 0.29) is 11.3 Å². The number of nitrogens with one attached hydrogen (secondary N) is 1. The van der Waals surface area contributed by atoms with Crippen molar-refractivity contribution in [1.29, 1.82) is 0 Å². The fraction of sp³-hybridized carbons (Fsp3) is 0.300. The van der Waals surface area contributed by atoms with Gasteiger partial charge in [0, 0.05) is 12.2 Å². The van der Waals surface area contributed by atoms with Gasteiger partial charge in [0.1, 0.15) is 5.75 Å². The van der Waals surface area contributed by atoms with Crippen molar-refractivity contribution < 1.29 is 22.7 Å². The molecule has 3 N–H and O–H groups in total. The topological polar surface area (TPSA) is 64.3 Å². The van der Waals surface area contributed by atoms with E-state index in [1.54, 1.807) is 6.92 Å². The first-order valence-corrected chi connectivity index (χ1v) is 4.77. The van der Waals surface area contributed by atoms with Crippen molar-refractivity contribution >= 4 is 11.6 Å². The van der Waals surface area contributed by atoms with Crippen LogP contribution in [0, 0.1) is 0 Å². The van der Waals surface area contributed by atoms with Crippen molar-refractivity contribution in [3.63, 3.8) is 0 Å². The Labute approximate surface area is 95.6 Å². The zero-order chi connectivity index (χ0) is 13.1. The third kappa shape index (κ3) is 3.86. The van der Waals surface area contributed by atoms with E-state index in [4.69, 9.17) is 5.73 Å². The third-order valence-corrected chi connectivity index (χ3v) is 1.84. The highest BCUT2D eigenvalue weighted by molar-refractivity contribution is 5.99. The van der Waals surface area contributed by atoms with Crippen LogP contribution in [0.5, 0.6) is 5.75 Å². The summed E-state index contributed by atoms with van der Waals surface area (Å²) in [5, 5.41) is 2.44. The maximum atomic E-state index is 12.0. The highest BCUT2D eigenvalue weighted by Crippen LogP contribution is 2.25. The molecule has 0 fully saturated rings. The summed E-state index contributed by atoms with van der Waals surface area (Å²) in [6.45, 7) is 2.03. The first-order valence-electron chi connectivity index (χ1n) is 4.77. The van der Waals surface area contributed by atoms with Crippen LogP contribution in [0.3, 0.4) is 0 Å². The first-order chi connectivity index (χ1) is 7.83. The molecule has 0 spiro atoms. The molecular weight excluding hydrogens is 237 g/mol. The molecule has 0 bridgehead atoms. The lowest BCUT2D eigenvalue weighted by atomic mass is 10.1. The Morgan fingerprint density at radius 3 is 2.65 bits per heavy atom. The molecule has 0 aliphatic rings. The van der Waals surface area contributed by atoms with Crippen molar-refractivity contribution in [3.8, 4) is 5.75 Å². The Hall–Kier alpha value is -1.92.